The van der Waals surface area contributed by atoms with E-state index in [0.29, 0.717) is 31.2 Å². The van der Waals surface area contributed by atoms with Gasteiger partial charge in [-0.15, -0.1) is 0 Å². The van der Waals surface area contributed by atoms with Gasteiger partial charge in [0.15, 0.2) is 0 Å². The van der Waals surface area contributed by atoms with Gasteiger partial charge in [-0.2, -0.15) is 0 Å². The van der Waals surface area contributed by atoms with E-state index in [1.165, 1.54) is 13.3 Å². The number of aromatic nitrogens is 2. The number of pyridine rings is 2. The van der Waals surface area contributed by atoms with Crippen molar-refractivity contribution in [2.75, 3.05) is 38.3 Å². The molecule has 3 heterocycles. The first-order valence-corrected chi connectivity index (χ1v) is 7.83. The van der Waals surface area contributed by atoms with Crippen LogP contribution in [0, 0.1) is 0 Å². The van der Waals surface area contributed by atoms with Crippen LogP contribution in [0.25, 0.3) is 0 Å². The van der Waals surface area contributed by atoms with Gasteiger partial charge in [0.25, 0.3) is 5.91 Å². The number of methoxy groups -OCH3 is 1. The number of amides is 1. The lowest BCUT2D eigenvalue weighted by molar-refractivity contribution is 0.0950. The lowest BCUT2D eigenvalue weighted by atomic mass is 10.2. The van der Waals surface area contributed by atoms with Crippen LogP contribution >= 0.6 is 0 Å². The van der Waals surface area contributed by atoms with E-state index in [4.69, 9.17) is 9.47 Å². The highest BCUT2D eigenvalue weighted by atomic mass is 16.5. The summed E-state index contributed by atoms with van der Waals surface area (Å²) in [6, 6.07) is 7.20. The second-order valence-corrected chi connectivity index (χ2v) is 5.36. The Bertz CT molecular complexity index is 684. The number of hydrogen-bond acceptors (Lipinski definition) is 6. The minimum Gasteiger partial charge on any atom is -0.481 e. The summed E-state index contributed by atoms with van der Waals surface area (Å²) in [5, 5.41) is 2.91. The van der Waals surface area contributed by atoms with Gasteiger partial charge in [-0.25, -0.2) is 9.97 Å². The Morgan fingerprint density at radius 3 is 2.83 bits per heavy atom. The maximum atomic E-state index is 12.3. The van der Waals surface area contributed by atoms with E-state index >= 15 is 0 Å². The first-order chi connectivity index (χ1) is 11.8. The molecule has 126 valence electrons. The van der Waals surface area contributed by atoms with Crippen LogP contribution in [0.15, 0.2) is 36.7 Å². The van der Waals surface area contributed by atoms with Crippen molar-refractivity contribution in [3.8, 4) is 5.88 Å². The van der Waals surface area contributed by atoms with E-state index in [1.807, 2.05) is 12.1 Å². The molecule has 1 amide bonds. The van der Waals surface area contributed by atoms with Gasteiger partial charge in [-0.1, -0.05) is 6.07 Å². The molecule has 0 spiro atoms. The predicted octanol–water partition coefficient (Wildman–Crippen LogP) is 1.25. The number of rotatable bonds is 5. The minimum atomic E-state index is -0.179. The van der Waals surface area contributed by atoms with Crippen molar-refractivity contribution in [2.45, 2.75) is 6.54 Å². The van der Waals surface area contributed by atoms with Crippen LogP contribution in [-0.4, -0.2) is 49.3 Å². The number of hydrogen-bond donors (Lipinski definition) is 1. The molecule has 0 bridgehead atoms. The van der Waals surface area contributed by atoms with Crippen LogP contribution in [0.5, 0.6) is 5.88 Å². The fraction of sp³-hybridized carbons (Fsp3) is 0.353. The van der Waals surface area contributed by atoms with Crippen LogP contribution in [0.2, 0.25) is 0 Å². The highest BCUT2D eigenvalue weighted by Crippen LogP contribution is 2.18. The van der Waals surface area contributed by atoms with Crippen LogP contribution in [0.3, 0.4) is 0 Å². The van der Waals surface area contributed by atoms with E-state index in [2.05, 4.69) is 20.2 Å². The molecule has 3 rings (SSSR count). The molecule has 24 heavy (non-hydrogen) atoms. The summed E-state index contributed by atoms with van der Waals surface area (Å²) in [6.45, 7) is 3.41. The Morgan fingerprint density at radius 1 is 1.29 bits per heavy atom. The molecule has 1 saturated heterocycles. The van der Waals surface area contributed by atoms with E-state index in [-0.39, 0.29) is 5.91 Å². The standard InChI is InChI=1S/C17H20N4O3/c1-23-15-5-4-14(12-19-15)17(22)20-11-13-3-2-6-18-16(13)21-7-9-24-10-8-21/h2-6,12H,7-11H2,1H3,(H,20,22). The van der Waals surface area contributed by atoms with Gasteiger partial charge in [0.1, 0.15) is 5.82 Å². The summed E-state index contributed by atoms with van der Waals surface area (Å²) in [4.78, 5) is 23.0. The SMILES string of the molecule is COc1ccc(C(=O)NCc2cccnc2N2CCOCC2)cn1. The molecule has 0 saturated carbocycles. The second kappa shape index (κ2) is 7.74. The summed E-state index contributed by atoms with van der Waals surface area (Å²) in [6.07, 6.45) is 3.27. The van der Waals surface area contributed by atoms with Crippen LogP contribution in [0.1, 0.15) is 15.9 Å². The van der Waals surface area contributed by atoms with Gasteiger partial charge in [-0.3, -0.25) is 4.79 Å². The zero-order chi connectivity index (χ0) is 16.8. The van der Waals surface area contributed by atoms with Gasteiger partial charge < -0.3 is 19.7 Å². The Labute approximate surface area is 140 Å². The van der Waals surface area contributed by atoms with Crippen molar-refractivity contribution in [3.05, 3.63) is 47.8 Å². The monoisotopic (exact) mass is 328 g/mol. The van der Waals surface area contributed by atoms with E-state index in [1.54, 1.807) is 18.3 Å². The largest absolute Gasteiger partial charge is 0.481 e. The number of carbonyl (C=O) groups excluding carboxylic acids is 1. The molecule has 0 aliphatic carbocycles. The molecular weight excluding hydrogens is 308 g/mol. The van der Waals surface area contributed by atoms with Crippen molar-refractivity contribution in [1.82, 2.24) is 15.3 Å². The number of carbonyl (C=O) groups is 1. The van der Waals surface area contributed by atoms with Crippen molar-refractivity contribution in [3.63, 3.8) is 0 Å². The number of anilines is 1. The summed E-state index contributed by atoms with van der Waals surface area (Å²) in [5.74, 6) is 1.20. The topological polar surface area (TPSA) is 76.6 Å². The highest BCUT2D eigenvalue weighted by molar-refractivity contribution is 5.93. The molecule has 0 atom stereocenters. The maximum absolute atomic E-state index is 12.3. The van der Waals surface area contributed by atoms with Crippen molar-refractivity contribution in [2.24, 2.45) is 0 Å². The number of morpholine rings is 1. The number of ether oxygens (including phenoxy) is 2. The third-order valence-corrected chi connectivity index (χ3v) is 3.83. The van der Waals surface area contributed by atoms with Crippen molar-refractivity contribution < 1.29 is 14.3 Å². The molecule has 1 fully saturated rings. The van der Waals surface area contributed by atoms with Gasteiger partial charge in [0, 0.05) is 43.7 Å². The van der Waals surface area contributed by atoms with Crippen LogP contribution in [-0.2, 0) is 11.3 Å². The number of nitrogens with zero attached hydrogens (tertiary/aromatic N) is 3. The van der Waals surface area contributed by atoms with Crippen LogP contribution in [0.4, 0.5) is 5.82 Å². The third kappa shape index (κ3) is 3.80. The molecule has 2 aromatic rings. The normalized spacial score (nSPS) is 14.3. The molecule has 1 aliphatic rings. The zero-order valence-electron chi connectivity index (χ0n) is 13.6. The predicted molar refractivity (Wildman–Crippen MR) is 89.2 cm³/mol. The number of nitrogens with one attached hydrogen (secondary N) is 1. The van der Waals surface area contributed by atoms with Gasteiger partial charge >= 0.3 is 0 Å². The molecule has 0 unspecified atom stereocenters. The summed E-state index contributed by atoms with van der Waals surface area (Å²) >= 11 is 0. The smallest absolute Gasteiger partial charge is 0.253 e. The Balaban J connectivity index is 1.66. The fourth-order valence-corrected chi connectivity index (χ4v) is 2.54. The Hall–Kier alpha value is -2.67. The molecule has 1 N–H and O–H groups in total. The van der Waals surface area contributed by atoms with Crippen LogP contribution < -0.4 is 15.0 Å². The first kappa shape index (κ1) is 16.2. The molecule has 0 radical (unpaired) electrons. The van der Waals surface area contributed by atoms with E-state index in [0.717, 1.165) is 24.5 Å². The summed E-state index contributed by atoms with van der Waals surface area (Å²) < 4.78 is 10.4. The second-order valence-electron chi connectivity index (χ2n) is 5.36. The quantitative estimate of drug-likeness (QED) is 0.890. The zero-order valence-corrected chi connectivity index (χ0v) is 13.6. The molecule has 1 aliphatic heterocycles. The average Bonchev–Trinajstić information content (AvgIpc) is 2.67. The van der Waals surface area contributed by atoms with Crippen molar-refractivity contribution in [1.29, 1.82) is 0 Å². The Morgan fingerprint density at radius 2 is 2.12 bits per heavy atom. The molecule has 0 aromatic carbocycles. The lowest BCUT2D eigenvalue weighted by Crippen LogP contribution is -2.37. The molecule has 2 aromatic heterocycles. The van der Waals surface area contributed by atoms with E-state index < -0.39 is 0 Å². The van der Waals surface area contributed by atoms with Gasteiger partial charge in [-0.05, 0) is 12.1 Å². The minimum absolute atomic E-state index is 0.179. The summed E-state index contributed by atoms with van der Waals surface area (Å²) in [7, 11) is 1.54. The third-order valence-electron chi connectivity index (χ3n) is 3.83. The van der Waals surface area contributed by atoms with Gasteiger partial charge in [0.2, 0.25) is 5.88 Å². The molecule has 7 heteroatoms. The van der Waals surface area contributed by atoms with Crippen molar-refractivity contribution >= 4 is 11.7 Å². The highest BCUT2D eigenvalue weighted by Gasteiger charge is 2.16. The average molecular weight is 328 g/mol. The van der Waals surface area contributed by atoms with Gasteiger partial charge in [0.05, 0.1) is 25.9 Å². The van der Waals surface area contributed by atoms with E-state index in [9.17, 15) is 4.79 Å². The first-order valence-electron chi connectivity index (χ1n) is 7.83. The fourth-order valence-electron chi connectivity index (χ4n) is 2.54. The lowest BCUT2D eigenvalue weighted by Gasteiger charge is -2.29. The molecule has 7 nitrogen and oxygen atoms in total. The Kier molecular flexibility index (Phi) is 5.22. The maximum Gasteiger partial charge on any atom is 0.253 e. The molecular formula is C17H20N4O3. The summed E-state index contributed by atoms with van der Waals surface area (Å²) in [5.41, 5.74) is 1.47.